The van der Waals surface area contributed by atoms with E-state index >= 15 is 0 Å². The van der Waals surface area contributed by atoms with Crippen LogP contribution >= 0.6 is 0 Å². The van der Waals surface area contributed by atoms with E-state index in [9.17, 15) is 0 Å². The third-order valence-electron chi connectivity index (χ3n) is 4.93. The molecule has 0 aliphatic heterocycles. The Labute approximate surface area is 124 Å². The molecule has 1 aliphatic carbocycles. The van der Waals surface area contributed by atoms with Crippen LogP contribution in [0.2, 0.25) is 0 Å². The van der Waals surface area contributed by atoms with E-state index in [1.54, 1.807) is 0 Å². The highest BCUT2D eigenvalue weighted by Crippen LogP contribution is 2.35. The minimum Gasteiger partial charge on any atom is -0.335 e. The summed E-state index contributed by atoms with van der Waals surface area (Å²) in [6, 6.07) is 0.610. The van der Waals surface area contributed by atoms with E-state index in [2.05, 4.69) is 41.8 Å². The highest BCUT2D eigenvalue weighted by atomic mass is 15.1. The number of nitrogens with zero attached hydrogens (tertiary/aromatic N) is 2. The van der Waals surface area contributed by atoms with Crippen molar-refractivity contribution >= 4 is 0 Å². The fourth-order valence-electron chi connectivity index (χ4n) is 3.60. The first kappa shape index (κ1) is 15.6. The molecular weight excluding hydrogens is 246 g/mol. The maximum Gasteiger partial charge on any atom is 0.110 e. The van der Waals surface area contributed by atoms with E-state index in [0.717, 1.165) is 31.3 Å². The molecule has 3 atom stereocenters. The van der Waals surface area contributed by atoms with Crippen LogP contribution in [-0.4, -0.2) is 22.1 Å². The van der Waals surface area contributed by atoms with E-state index in [-0.39, 0.29) is 0 Å². The maximum atomic E-state index is 4.57. The SMILES string of the molecule is CCCNC(Cc1nccn1CC)C1CCC(CC)C1. The van der Waals surface area contributed by atoms with Crippen molar-refractivity contribution in [2.75, 3.05) is 6.54 Å². The molecule has 3 nitrogen and oxygen atoms in total. The van der Waals surface area contributed by atoms with Crippen molar-refractivity contribution in [3.05, 3.63) is 18.2 Å². The van der Waals surface area contributed by atoms with Gasteiger partial charge in [0.1, 0.15) is 5.82 Å². The van der Waals surface area contributed by atoms with Gasteiger partial charge in [0, 0.05) is 31.4 Å². The Balaban J connectivity index is 2.00. The number of hydrogen-bond acceptors (Lipinski definition) is 2. The van der Waals surface area contributed by atoms with E-state index in [4.69, 9.17) is 0 Å². The Morgan fingerprint density at radius 1 is 1.35 bits per heavy atom. The predicted molar refractivity (Wildman–Crippen MR) is 84.8 cm³/mol. The van der Waals surface area contributed by atoms with Crippen LogP contribution in [0.3, 0.4) is 0 Å². The van der Waals surface area contributed by atoms with E-state index < -0.39 is 0 Å². The summed E-state index contributed by atoms with van der Waals surface area (Å²) in [6.45, 7) is 8.94. The molecule has 1 saturated carbocycles. The average molecular weight is 277 g/mol. The van der Waals surface area contributed by atoms with Gasteiger partial charge in [-0.2, -0.15) is 0 Å². The molecular formula is C17H31N3. The van der Waals surface area contributed by atoms with Crippen LogP contribution in [-0.2, 0) is 13.0 Å². The molecule has 20 heavy (non-hydrogen) atoms. The van der Waals surface area contributed by atoms with Crippen molar-refractivity contribution in [3.8, 4) is 0 Å². The van der Waals surface area contributed by atoms with E-state index in [1.807, 2.05) is 6.20 Å². The molecule has 2 rings (SSSR count). The van der Waals surface area contributed by atoms with Crippen LogP contribution in [0, 0.1) is 11.8 Å². The van der Waals surface area contributed by atoms with Crippen molar-refractivity contribution in [1.29, 1.82) is 0 Å². The molecule has 0 saturated heterocycles. The second kappa shape index (κ2) is 7.82. The van der Waals surface area contributed by atoms with Gasteiger partial charge in [-0.15, -0.1) is 0 Å². The normalized spacial score (nSPS) is 24.1. The van der Waals surface area contributed by atoms with Gasteiger partial charge in [-0.3, -0.25) is 0 Å². The van der Waals surface area contributed by atoms with Gasteiger partial charge < -0.3 is 9.88 Å². The number of hydrogen-bond donors (Lipinski definition) is 1. The number of nitrogens with one attached hydrogen (secondary N) is 1. The standard InChI is InChI=1S/C17H31N3/c1-4-9-18-16(15-8-7-14(5-2)12-15)13-17-19-10-11-20(17)6-3/h10-11,14-16,18H,4-9,12-13H2,1-3H3. The van der Waals surface area contributed by atoms with Crippen LogP contribution in [0.4, 0.5) is 0 Å². The van der Waals surface area contributed by atoms with Crippen molar-refractivity contribution in [1.82, 2.24) is 14.9 Å². The van der Waals surface area contributed by atoms with Crippen molar-refractivity contribution in [2.45, 2.75) is 71.9 Å². The Morgan fingerprint density at radius 2 is 2.20 bits per heavy atom. The Morgan fingerprint density at radius 3 is 2.85 bits per heavy atom. The van der Waals surface area contributed by atoms with E-state index in [1.165, 1.54) is 37.9 Å². The molecule has 0 spiro atoms. The Hall–Kier alpha value is -0.830. The summed E-state index contributed by atoms with van der Waals surface area (Å²) >= 11 is 0. The minimum atomic E-state index is 0.610. The predicted octanol–water partition coefficient (Wildman–Crippen LogP) is 3.64. The van der Waals surface area contributed by atoms with Gasteiger partial charge in [-0.05, 0) is 44.6 Å². The summed E-state index contributed by atoms with van der Waals surface area (Å²) in [6.07, 6.45) is 11.9. The van der Waals surface area contributed by atoms with Gasteiger partial charge in [0.25, 0.3) is 0 Å². The molecule has 1 aromatic rings. The summed E-state index contributed by atoms with van der Waals surface area (Å²) < 4.78 is 2.28. The summed E-state index contributed by atoms with van der Waals surface area (Å²) in [7, 11) is 0. The molecule has 1 heterocycles. The Kier molecular flexibility index (Phi) is 6.08. The molecule has 0 bridgehead atoms. The summed E-state index contributed by atoms with van der Waals surface area (Å²) in [4.78, 5) is 4.57. The third kappa shape index (κ3) is 3.85. The van der Waals surface area contributed by atoms with Crippen molar-refractivity contribution in [2.24, 2.45) is 11.8 Å². The molecule has 114 valence electrons. The van der Waals surface area contributed by atoms with Crippen LogP contribution in [0.25, 0.3) is 0 Å². The lowest BCUT2D eigenvalue weighted by Gasteiger charge is -2.25. The van der Waals surface area contributed by atoms with Crippen LogP contribution < -0.4 is 5.32 Å². The molecule has 1 aliphatic rings. The first-order chi connectivity index (χ1) is 9.78. The number of aryl methyl sites for hydroxylation is 1. The second-order valence-electron chi connectivity index (χ2n) is 6.24. The lowest BCUT2D eigenvalue weighted by atomic mass is 9.93. The maximum absolute atomic E-state index is 4.57. The van der Waals surface area contributed by atoms with Crippen molar-refractivity contribution < 1.29 is 0 Å². The van der Waals surface area contributed by atoms with Crippen LogP contribution in [0.5, 0.6) is 0 Å². The smallest absolute Gasteiger partial charge is 0.110 e. The first-order valence-electron chi connectivity index (χ1n) is 8.51. The molecule has 0 aromatic carbocycles. The van der Waals surface area contributed by atoms with Crippen molar-refractivity contribution in [3.63, 3.8) is 0 Å². The molecule has 3 heteroatoms. The van der Waals surface area contributed by atoms with E-state index in [0.29, 0.717) is 6.04 Å². The summed E-state index contributed by atoms with van der Waals surface area (Å²) in [5.41, 5.74) is 0. The fraction of sp³-hybridized carbons (Fsp3) is 0.824. The first-order valence-corrected chi connectivity index (χ1v) is 8.51. The molecule has 3 unspecified atom stereocenters. The number of rotatable bonds is 8. The summed E-state index contributed by atoms with van der Waals surface area (Å²) in [5.74, 6) is 3.05. The summed E-state index contributed by atoms with van der Waals surface area (Å²) in [5, 5.41) is 3.79. The molecule has 1 aromatic heterocycles. The lowest BCUT2D eigenvalue weighted by Crippen LogP contribution is -2.38. The monoisotopic (exact) mass is 277 g/mol. The number of imidazole rings is 1. The largest absolute Gasteiger partial charge is 0.335 e. The zero-order valence-corrected chi connectivity index (χ0v) is 13.4. The highest BCUT2D eigenvalue weighted by Gasteiger charge is 2.30. The Bertz CT molecular complexity index is 385. The zero-order chi connectivity index (χ0) is 14.4. The second-order valence-corrected chi connectivity index (χ2v) is 6.24. The highest BCUT2D eigenvalue weighted by molar-refractivity contribution is 4.98. The van der Waals surface area contributed by atoms with Gasteiger partial charge in [0.2, 0.25) is 0 Å². The van der Waals surface area contributed by atoms with Gasteiger partial charge in [0.05, 0.1) is 0 Å². The number of aromatic nitrogens is 2. The zero-order valence-electron chi connectivity index (χ0n) is 13.4. The topological polar surface area (TPSA) is 29.9 Å². The molecule has 1 N–H and O–H groups in total. The van der Waals surface area contributed by atoms with Crippen LogP contribution in [0.1, 0.15) is 58.7 Å². The van der Waals surface area contributed by atoms with Gasteiger partial charge in [-0.25, -0.2) is 4.98 Å². The molecule has 0 amide bonds. The fourth-order valence-corrected chi connectivity index (χ4v) is 3.60. The third-order valence-corrected chi connectivity index (χ3v) is 4.93. The van der Waals surface area contributed by atoms with Gasteiger partial charge in [-0.1, -0.05) is 26.7 Å². The van der Waals surface area contributed by atoms with Gasteiger partial charge in [0.15, 0.2) is 0 Å². The van der Waals surface area contributed by atoms with Crippen LogP contribution in [0.15, 0.2) is 12.4 Å². The molecule has 1 fully saturated rings. The minimum absolute atomic E-state index is 0.610. The average Bonchev–Trinajstić information content (AvgIpc) is 3.11. The van der Waals surface area contributed by atoms with Gasteiger partial charge >= 0.3 is 0 Å². The lowest BCUT2D eigenvalue weighted by molar-refractivity contribution is 0.337. The molecule has 0 radical (unpaired) electrons. The quantitative estimate of drug-likeness (QED) is 0.786.